The molecule has 7 heteroatoms. The summed E-state index contributed by atoms with van der Waals surface area (Å²) in [5, 5.41) is 0. The van der Waals surface area contributed by atoms with E-state index in [0.29, 0.717) is 4.90 Å². The Morgan fingerprint density at radius 1 is 1.13 bits per heavy atom. The van der Waals surface area contributed by atoms with E-state index in [2.05, 4.69) is 4.72 Å². The fourth-order valence-corrected chi connectivity index (χ4v) is 3.93. The molecule has 1 aliphatic carbocycles. The van der Waals surface area contributed by atoms with Gasteiger partial charge in [-0.3, -0.25) is 0 Å². The normalized spacial score (nSPS) is 23.3. The minimum atomic E-state index is -3.44. The highest BCUT2D eigenvalue weighted by Crippen LogP contribution is 2.36. The second-order valence-electron chi connectivity index (χ2n) is 7.50. The fraction of sp³-hybridized carbons (Fsp3) is 0.625. The largest absolute Gasteiger partial charge is 0.495 e. The molecule has 3 rings (SSSR count). The van der Waals surface area contributed by atoms with Crippen LogP contribution in [0.15, 0.2) is 23.1 Å². The zero-order chi connectivity index (χ0) is 17.0. The van der Waals surface area contributed by atoms with Gasteiger partial charge in [-0.05, 0) is 65.1 Å². The lowest BCUT2D eigenvalue weighted by Gasteiger charge is -2.32. The van der Waals surface area contributed by atoms with Crippen LogP contribution in [0.3, 0.4) is 0 Å². The Morgan fingerprint density at radius 2 is 1.70 bits per heavy atom. The monoisotopic (exact) mass is 337 g/mol. The van der Waals surface area contributed by atoms with Crippen LogP contribution in [0.4, 0.5) is 0 Å². The first-order valence-electron chi connectivity index (χ1n) is 8.00. The van der Waals surface area contributed by atoms with Crippen LogP contribution in [-0.2, 0) is 19.3 Å². The van der Waals surface area contributed by atoms with E-state index in [9.17, 15) is 8.42 Å². The number of benzene rings is 1. The molecule has 1 aliphatic heterocycles. The van der Waals surface area contributed by atoms with Crippen molar-refractivity contribution in [2.45, 2.75) is 69.6 Å². The summed E-state index contributed by atoms with van der Waals surface area (Å²) in [6, 6.07) is 5.20. The predicted octanol–water partition coefficient (Wildman–Crippen LogP) is 1.73. The highest BCUT2D eigenvalue weighted by atomic mass is 32.2. The number of hydrogen-bond acceptors (Lipinski definition) is 4. The molecule has 1 aromatic carbocycles. The average molecular weight is 337 g/mol. The number of aryl methyl sites for hydroxylation is 1. The summed E-state index contributed by atoms with van der Waals surface area (Å²) in [6.45, 7) is 9.89. The number of nitrogens with one attached hydrogen (secondary N) is 1. The molecule has 0 radical (unpaired) electrons. The van der Waals surface area contributed by atoms with Gasteiger partial charge in [-0.25, -0.2) is 13.1 Å². The molecule has 0 bridgehead atoms. The lowest BCUT2D eigenvalue weighted by atomic mass is 9.76. The molecule has 1 saturated heterocycles. The van der Waals surface area contributed by atoms with Crippen molar-refractivity contribution in [1.82, 2.24) is 4.72 Å². The molecule has 0 atom stereocenters. The SMILES string of the molecule is Cc1cc(S(=O)(=O)NC2CC2)ccc1B1OC(C)(C)C(C)(C)O1. The Bertz CT molecular complexity index is 710. The molecule has 1 aromatic rings. The molecule has 1 saturated carbocycles. The Morgan fingerprint density at radius 3 is 2.17 bits per heavy atom. The van der Waals surface area contributed by atoms with Crippen LogP contribution in [0.1, 0.15) is 46.1 Å². The number of sulfonamides is 1. The molecule has 1 N–H and O–H groups in total. The van der Waals surface area contributed by atoms with E-state index in [4.69, 9.17) is 9.31 Å². The minimum absolute atomic E-state index is 0.100. The van der Waals surface area contributed by atoms with Crippen molar-refractivity contribution < 1.29 is 17.7 Å². The Kier molecular flexibility index (Phi) is 3.91. The van der Waals surface area contributed by atoms with Crippen molar-refractivity contribution in [2.75, 3.05) is 0 Å². The van der Waals surface area contributed by atoms with E-state index in [1.54, 1.807) is 18.2 Å². The van der Waals surface area contributed by atoms with Gasteiger partial charge >= 0.3 is 7.12 Å². The highest BCUT2D eigenvalue weighted by Gasteiger charge is 2.52. The summed E-state index contributed by atoms with van der Waals surface area (Å²) in [4.78, 5) is 0.294. The van der Waals surface area contributed by atoms with Gasteiger partial charge in [-0.2, -0.15) is 0 Å². The summed E-state index contributed by atoms with van der Waals surface area (Å²) in [5.41, 5.74) is 0.890. The third kappa shape index (κ3) is 3.20. The minimum Gasteiger partial charge on any atom is -0.399 e. The first kappa shape index (κ1) is 17.0. The van der Waals surface area contributed by atoms with Gasteiger partial charge in [-0.15, -0.1) is 0 Å². The van der Waals surface area contributed by atoms with Crippen molar-refractivity contribution in [3.05, 3.63) is 23.8 Å². The molecule has 0 spiro atoms. The van der Waals surface area contributed by atoms with Crippen molar-refractivity contribution in [1.29, 1.82) is 0 Å². The Hall–Kier alpha value is -0.885. The zero-order valence-electron chi connectivity index (χ0n) is 14.3. The molecule has 0 unspecified atom stereocenters. The molecular weight excluding hydrogens is 313 g/mol. The maximum atomic E-state index is 12.3. The Balaban J connectivity index is 1.86. The molecule has 0 amide bonds. The van der Waals surface area contributed by atoms with Crippen molar-refractivity contribution in [3.8, 4) is 0 Å². The smallest absolute Gasteiger partial charge is 0.399 e. The van der Waals surface area contributed by atoms with E-state index >= 15 is 0 Å². The van der Waals surface area contributed by atoms with Gasteiger partial charge in [0.05, 0.1) is 16.1 Å². The number of rotatable bonds is 4. The molecule has 1 heterocycles. The van der Waals surface area contributed by atoms with Gasteiger partial charge in [-0.1, -0.05) is 11.6 Å². The third-order valence-corrected chi connectivity index (χ3v) is 6.48. The third-order valence-electron chi connectivity index (χ3n) is 4.96. The maximum Gasteiger partial charge on any atom is 0.495 e. The summed E-state index contributed by atoms with van der Waals surface area (Å²) >= 11 is 0. The van der Waals surface area contributed by atoms with E-state index in [1.807, 2.05) is 34.6 Å². The van der Waals surface area contributed by atoms with E-state index < -0.39 is 28.3 Å². The lowest BCUT2D eigenvalue weighted by Crippen LogP contribution is -2.41. The molecule has 126 valence electrons. The molecule has 0 aromatic heterocycles. The standard InChI is InChI=1S/C16H24BNO4S/c1-11-10-13(23(19,20)18-12-6-7-12)8-9-14(11)17-21-15(2,3)16(4,5)22-17/h8-10,12,18H,6-7H2,1-5H3. The van der Waals surface area contributed by atoms with Gasteiger partial charge in [0.25, 0.3) is 0 Å². The van der Waals surface area contributed by atoms with Gasteiger partial charge in [0.2, 0.25) is 10.0 Å². The summed E-state index contributed by atoms with van der Waals surface area (Å²) < 4.78 is 39.4. The first-order valence-corrected chi connectivity index (χ1v) is 9.49. The molecule has 2 aliphatic rings. The van der Waals surface area contributed by atoms with Crippen molar-refractivity contribution >= 4 is 22.6 Å². The molecule has 23 heavy (non-hydrogen) atoms. The van der Waals surface area contributed by atoms with E-state index in [-0.39, 0.29) is 6.04 Å². The molecular formula is C16H24BNO4S. The first-order chi connectivity index (χ1) is 10.5. The second-order valence-corrected chi connectivity index (χ2v) is 9.22. The topological polar surface area (TPSA) is 64.6 Å². The highest BCUT2D eigenvalue weighted by molar-refractivity contribution is 7.89. The van der Waals surface area contributed by atoms with Crippen LogP contribution >= 0.6 is 0 Å². The maximum absolute atomic E-state index is 12.3. The van der Waals surface area contributed by atoms with E-state index in [0.717, 1.165) is 23.9 Å². The summed E-state index contributed by atoms with van der Waals surface area (Å²) in [7, 11) is -3.92. The fourth-order valence-electron chi connectivity index (χ4n) is 2.54. The number of hydrogen-bond donors (Lipinski definition) is 1. The van der Waals surface area contributed by atoms with Crippen LogP contribution in [0, 0.1) is 6.92 Å². The predicted molar refractivity (Wildman–Crippen MR) is 90.2 cm³/mol. The van der Waals surface area contributed by atoms with Crippen LogP contribution in [0.5, 0.6) is 0 Å². The summed E-state index contributed by atoms with van der Waals surface area (Å²) in [6.07, 6.45) is 1.84. The van der Waals surface area contributed by atoms with Gasteiger partial charge < -0.3 is 9.31 Å². The van der Waals surface area contributed by atoms with Gasteiger partial charge in [0.1, 0.15) is 0 Å². The quantitative estimate of drug-likeness (QED) is 0.850. The summed E-state index contributed by atoms with van der Waals surface area (Å²) in [5.74, 6) is 0. The molecule has 5 nitrogen and oxygen atoms in total. The lowest BCUT2D eigenvalue weighted by molar-refractivity contribution is 0.00578. The van der Waals surface area contributed by atoms with Crippen LogP contribution < -0.4 is 10.2 Å². The van der Waals surface area contributed by atoms with Crippen molar-refractivity contribution in [2.24, 2.45) is 0 Å². The average Bonchev–Trinajstić information content (AvgIpc) is 3.16. The van der Waals surface area contributed by atoms with Crippen LogP contribution in [-0.4, -0.2) is 32.8 Å². The van der Waals surface area contributed by atoms with Crippen LogP contribution in [0.25, 0.3) is 0 Å². The molecule has 2 fully saturated rings. The van der Waals surface area contributed by atoms with E-state index in [1.165, 1.54) is 0 Å². The van der Waals surface area contributed by atoms with Gasteiger partial charge in [0.15, 0.2) is 0 Å². The zero-order valence-corrected chi connectivity index (χ0v) is 15.2. The van der Waals surface area contributed by atoms with Crippen molar-refractivity contribution in [3.63, 3.8) is 0 Å². The van der Waals surface area contributed by atoms with Crippen LogP contribution in [0.2, 0.25) is 0 Å². The Labute approximate surface area is 138 Å². The second kappa shape index (κ2) is 5.31. The van der Waals surface area contributed by atoms with Gasteiger partial charge in [0, 0.05) is 6.04 Å².